The van der Waals surface area contributed by atoms with Crippen LogP contribution in [0.2, 0.25) is 0 Å². The highest BCUT2D eigenvalue weighted by Crippen LogP contribution is 2.31. The van der Waals surface area contributed by atoms with E-state index in [1.807, 2.05) is 0 Å². The Hall–Kier alpha value is -1.12. The Labute approximate surface area is 126 Å². The quantitative estimate of drug-likeness (QED) is 0.867. The molecule has 1 unspecified atom stereocenters. The van der Waals surface area contributed by atoms with Crippen LogP contribution in [0.15, 0.2) is 27.6 Å². The molecule has 2 N–H and O–H groups in total. The van der Waals surface area contributed by atoms with E-state index in [4.69, 9.17) is 10.5 Å². The van der Waals surface area contributed by atoms with Gasteiger partial charge in [-0.1, -0.05) is 0 Å². The molecular formula is C12H15BrN2O4S. The fraction of sp³-hybridized carbons (Fsp3) is 0.417. The fourth-order valence-electron chi connectivity index (χ4n) is 2.26. The van der Waals surface area contributed by atoms with Crippen molar-refractivity contribution >= 4 is 31.9 Å². The molecule has 1 fully saturated rings. The molecule has 1 aliphatic heterocycles. The maximum Gasteiger partial charge on any atom is 0.243 e. The largest absolute Gasteiger partial charge is 0.496 e. The highest BCUT2D eigenvalue weighted by atomic mass is 79.9. The molecule has 110 valence electrons. The van der Waals surface area contributed by atoms with Gasteiger partial charge < -0.3 is 10.5 Å². The van der Waals surface area contributed by atoms with Crippen molar-refractivity contribution in [2.24, 2.45) is 5.73 Å². The van der Waals surface area contributed by atoms with Crippen molar-refractivity contribution in [2.75, 3.05) is 13.7 Å². The van der Waals surface area contributed by atoms with Crippen LogP contribution in [0.3, 0.4) is 0 Å². The van der Waals surface area contributed by atoms with E-state index in [1.165, 1.54) is 23.5 Å². The van der Waals surface area contributed by atoms with E-state index in [0.717, 1.165) is 0 Å². The van der Waals surface area contributed by atoms with Crippen molar-refractivity contribution in [2.45, 2.75) is 23.8 Å². The molecule has 0 radical (unpaired) electrons. The normalized spacial score (nSPS) is 20.0. The Balaban J connectivity index is 2.40. The summed E-state index contributed by atoms with van der Waals surface area (Å²) in [5.41, 5.74) is 5.26. The molecule has 0 bridgehead atoms. The van der Waals surface area contributed by atoms with Crippen LogP contribution in [0.5, 0.6) is 5.75 Å². The van der Waals surface area contributed by atoms with E-state index in [0.29, 0.717) is 29.6 Å². The number of nitrogens with two attached hydrogens (primary N) is 1. The lowest BCUT2D eigenvalue weighted by Gasteiger charge is -2.21. The summed E-state index contributed by atoms with van der Waals surface area (Å²) >= 11 is 3.25. The van der Waals surface area contributed by atoms with Gasteiger partial charge in [-0.2, -0.15) is 4.31 Å². The maximum absolute atomic E-state index is 12.6. The van der Waals surface area contributed by atoms with Crippen LogP contribution in [0.25, 0.3) is 0 Å². The van der Waals surface area contributed by atoms with Gasteiger partial charge in [-0.15, -0.1) is 0 Å². The Bertz CT molecular complexity index is 632. The number of carbonyl (C=O) groups excluding carboxylic acids is 1. The minimum Gasteiger partial charge on any atom is -0.496 e. The van der Waals surface area contributed by atoms with Gasteiger partial charge in [-0.05, 0) is 47.0 Å². The van der Waals surface area contributed by atoms with Crippen LogP contribution < -0.4 is 10.5 Å². The molecule has 0 spiro atoms. The van der Waals surface area contributed by atoms with Crippen LogP contribution in [-0.2, 0) is 14.8 Å². The van der Waals surface area contributed by atoms with Gasteiger partial charge >= 0.3 is 0 Å². The van der Waals surface area contributed by atoms with Gasteiger partial charge in [0.25, 0.3) is 0 Å². The second kappa shape index (κ2) is 5.71. The van der Waals surface area contributed by atoms with Crippen molar-refractivity contribution in [3.05, 3.63) is 22.7 Å². The monoisotopic (exact) mass is 362 g/mol. The third-order valence-corrected chi connectivity index (χ3v) is 5.79. The van der Waals surface area contributed by atoms with Gasteiger partial charge in [-0.3, -0.25) is 4.79 Å². The first-order valence-corrected chi connectivity index (χ1v) is 8.26. The number of sulfonamides is 1. The Morgan fingerprint density at radius 1 is 1.50 bits per heavy atom. The summed E-state index contributed by atoms with van der Waals surface area (Å²) in [7, 11) is -2.24. The van der Waals surface area contributed by atoms with E-state index in [2.05, 4.69) is 15.9 Å². The summed E-state index contributed by atoms with van der Waals surface area (Å²) in [5.74, 6) is -0.0736. The predicted molar refractivity (Wildman–Crippen MR) is 76.8 cm³/mol. The number of ether oxygens (including phenoxy) is 1. The highest BCUT2D eigenvalue weighted by molar-refractivity contribution is 9.10. The molecule has 6 nitrogen and oxygen atoms in total. The van der Waals surface area contributed by atoms with Crippen molar-refractivity contribution < 1.29 is 17.9 Å². The topological polar surface area (TPSA) is 89.7 Å². The van der Waals surface area contributed by atoms with Gasteiger partial charge in [0.15, 0.2) is 0 Å². The molecule has 1 saturated heterocycles. The van der Waals surface area contributed by atoms with Gasteiger partial charge in [0.2, 0.25) is 15.9 Å². The second-order valence-corrected chi connectivity index (χ2v) is 7.22. The molecule has 1 aliphatic rings. The van der Waals surface area contributed by atoms with Gasteiger partial charge in [0.1, 0.15) is 11.8 Å². The summed E-state index contributed by atoms with van der Waals surface area (Å²) in [6, 6.07) is 3.72. The zero-order valence-electron chi connectivity index (χ0n) is 10.9. The molecule has 0 saturated carbocycles. The number of hydrogen-bond donors (Lipinski definition) is 1. The second-order valence-electron chi connectivity index (χ2n) is 4.47. The lowest BCUT2D eigenvalue weighted by molar-refractivity contribution is -0.121. The molecule has 8 heteroatoms. The average molecular weight is 363 g/mol. The van der Waals surface area contributed by atoms with Crippen LogP contribution >= 0.6 is 15.9 Å². The molecule has 20 heavy (non-hydrogen) atoms. The van der Waals surface area contributed by atoms with Crippen molar-refractivity contribution in [3.63, 3.8) is 0 Å². The molecule has 1 heterocycles. The molecule has 1 aromatic carbocycles. The number of carbonyl (C=O) groups is 1. The van der Waals surface area contributed by atoms with Crippen LogP contribution in [-0.4, -0.2) is 38.3 Å². The van der Waals surface area contributed by atoms with Crippen molar-refractivity contribution in [1.82, 2.24) is 4.31 Å². The lowest BCUT2D eigenvalue weighted by atomic mass is 10.2. The first kappa shape index (κ1) is 15.3. The van der Waals surface area contributed by atoms with Gasteiger partial charge in [0, 0.05) is 6.54 Å². The molecule has 2 rings (SSSR count). The van der Waals surface area contributed by atoms with Crippen LogP contribution in [0, 0.1) is 0 Å². The van der Waals surface area contributed by atoms with Crippen LogP contribution in [0.1, 0.15) is 12.8 Å². The smallest absolute Gasteiger partial charge is 0.243 e. The number of nitrogens with zero attached hydrogens (tertiary/aromatic N) is 1. The van der Waals surface area contributed by atoms with E-state index >= 15 is 0 Å². The number of methoxy groups -OCH3 is 1. The minimum atomic E-state index is -3.73. The molecule has 1 aromatic rings. The number of hydrogen-bond acceptors (Lipinski definition) is 4. The zero-order valence-corrected chi connectivity index (χ0v) is 13.3. The summed E-state index contributed by atoms with van der Waals surface area (Å²) in [5, 5.41) is 0. The average Bonchev–Trinajstić information content (AvgIpc) is 2.88. The number of rotatable bonds is 4. The van der Waals surface area contributed by atoms with Crippen molar-refractivity contribution in [1.29, 1.82) is 0 Å². The molecule has 0 aliphatic carbocycles. The van der Waals surface area contributed by atoms with Crippen LogP contribution in [0.4, 0.5) is 0 Å². The Morgan fingerprint density at radius 2 is 2.20 bits per heavy atom. The lowest BCUT2D eigenvalue weighted by Crippen LogP contribution is -2.43. The van der Waals surface area contributed by atoms with Gasteiger partial charge in [0.05, 0.1) is 16.5 Å². The predicted octanol–water partition coefficient (Wildman–Crippen LogP) is 1.10. The molecule has 1 atom stereocenters. The fourth-order valence-corrected chi connectivity index (χ4v) is 4.64. The van der Waals surface area contributed by atoms with Gasteiger partial charge in [-0.25, -0.2) is 8.42 Å². The molecule has 1 amide bonds. The number of benzene rings is 1. The standard InChI is InChI=1S/C12H15BrN2O4S/c1-19-11-5-4-8(7-9(11)13)20(17,18)15-6-2-3-10(15)12(14)16/h4-5,7,10H,2-3,6H2,1H3,(H2,14,16). The van der Waals surface area contributed by atoms with E-state index < -0.39 is 22.0 Å². The summed E-state index contributed by atoms with van der Waals surface area (Å²) < 4.78 is 31.9. The third kappa shape index (κ3) is 2.68. The van der Waals surface area contributed by atoms with Crippen molar-refractivity contribution in [3.8, 4) is 5.75 Å². The summed E-state index contributed by atoms with van der Waals surface area (Å²) in [6.45, 7) is 0.305. The Morgan fingerprint density at radius 3 is 2.75 bits per heavy atom. The third-order valence-electron chi connectivity index (χ3n) is 3.26. The minimum absolute atomic E-state index is 0.110. The maximum atomic E-state index is 12.6. The molecular weight excluding hydrogens is 348 g/mol. The first-order chi connectivity index (χ1) is 9.37. The number of halogens is 1. The summed E-state index contributed by atoms with van der Waals surface area (Å²) in [6.07, 6.45) is 1.09. The molecule has 0 aromatic heterocycles. The van der Waals surface area contributed by atoms with E-state index in [1.54, 1.807) is 6.07 Å². The SMILES string of the molecule is COc1ccc(S(=O)(=O)N2CCCC2C(N)=O)cc1Br. The highest BCUT2D eigenvalue weighted by Gasteiger charge is 2.38. The van der Waals surface area contributed by atoms with E-state index in [9.17, 15) is 13.2 Å². The zero-order chi connectivity index (χ0) is 14.9. The van der Waals surface area contributed by atoms with E-state index in [-0.39, 0.29) is 4.90 Å². The summed E-state index contributed by atoms with van der Waals surface area (Å²) in [4.78, 5) is 11.5. The Kier molecular flexibility index (Phi) is 4.36. The first-order valence-electron chi connectivity index (χ1n) is 6.02. The number of primary amides is 1. The number of amides is 1.